The zero-order valence-electron chi connectivity index (χ0n) is 13.2. The largest absolute Gasteiger partial charge is 0.466 e. The smallest absolute Gasteiger partial charge is 0.407 e. The number of nitrogens with one attached hydrogen (secondary N) is 1. The molecular formula is C15H20ClNO6S. The van der Waals surface area contributed by atoms with Crippen LogP contribution in [0.2, 0.25) is 0 Å². The fraction of sp³-hybridized carbons (Fsp3) is 0.467. The topological polar surface area (TPSA) is 98.8 Å². The van der Waals surface area contributed by atoms with Crippen molar-refractivity contribution < 1.29 is 27.5 Å². The average molecular weight is 378 g/mol. The Morgan fingerprint density at radius 3 is 2.46 bits per heavy atom. The number of rotatable bonds is 9. The van der Waals surface area contributed by atoms with Gasteiger partial charge in [-0.25, -0.2) is 13.2 Å². The van der Waals surface area contributed by atoms with Gasteiger partial charge < -0.3 is 14.8 Å². The summed E-state index contributed by atoms with van der Waals surface area (Å²) >= 11 is 0. The number of esters is 1. The zero-order chi connectivity index (χ0) is 18.0. The number of halogens is 1. The number of hydrogen-bond donors (Lipinski definition) is 1. The van der Waals surface area contributed by atoms with Crippen molar-refractivity contribution in [1.82, 2.24) is 5.32 Å². The monoisotopic (exact) mass is 377 g/mol. The number of carbonyl (C=O) groups is 2. The van der Waals surface area contributed by atoms with Gasteiger partial charge in [0.05, 0.1) is 11.9 Å². The van der Waals surface area contributed by atoms with Crippen LogP contribution in [0, 0.1) is 0 Å². The van der Waals surface area contributed by atoms with E-state index in [4.69, 9.17) is 20.2 Å². The van der Waals surface area contributed by atoms with E-state index in [1.165, 1.54) is 0 Å². The Balaban J connectivity index is 2.43. The van der Waals surface area contributed by atoms with Gasteiger partial charge in [0.1, 0.15) is 6.61 Å². The number of hydrogen-bond acceptors (Lipinski definition) is 6. The van der Waals surface area contributed by atoms with Crippen LogP contribution >= 0.6 is 10.7 Å². The normalized spacial score (nSPS) is 12.2. The molecule has 0 bridgehead atoms. The molecule has 1 atom stereocenters. The van der Waals surface area contributed by atoms with Crippen molar-refractivity contribution in [3.63, 3.8) is 0 Å². The van der Waals surface area contributed by atoms with E-state index in [1.807, 2.05) is 18.2 Å². The summed E-state index contributed by atoms with van der Waals surface area (Å²) in [5.74, 6) is -0.519. The molecule has 7 nitrogen and oxygen atoms in total. The SMILES string of the molecule is CCOC(=O)CCC(CNC(=O)OCc1ccccc1)S(=O)(=O)Cl. The third-order valence-electron chi connectivity index (χ3n) is 3.06. The first kappa shape index (κ1) is 20.2. The van der Waals surface area contributed by atoms with Gasteiger partial charge in [0, 0.05) is 23.6 Å². The lowest BCUT2D eigenvalue weighted by atomic mass is 10.2. The number of alkyl carbamates (subject to hydrolysis) is 1. The quantitative estimate of drug-likeness (QED) is 0.523. The third kappa shape index (κ3) is 8.16. The molecule has 0 aliphatic heterocycles. The fourth-order valence-electron chi connectivity index (χ4n) is 1.83. The molecule has 1 aromatic rings. The number of carbonyl (C=O) groups excluding carboxylic acids is 2. The highest BCUT2D eigenvalue weighted by molar-refractivity contribution is 8.14. The van der Waals surface area contributed by atoms with Gasteiger partial charge in [-0.05, 0) is 18.9 Å². The van der Waals surface area contributed by atoms with Gasteiger partial charge in [0.25, 0.3) is 0 Å². The average Bonchev–Trinajstić information content (AvgIpc) is 2.53. The summed E-state index contributed by atoms with van der Waals surface area (Å²) in [5.41, 5.74) is 0.802. The van der Waals surface area contributed by atoms with Gasteiger partial charge in [-0.15, -0.1) is 0 Å². The maximum absolute atomic E-state index is 11.6. The van der Waals surface area contributed by atoms with Crippen LogP contribution in [-0.4, -0.2) is 38.9 Å². The highest BCUT2D eigenvalue weighted by Gasteiger charge is 2.25. The fourth-order valence-corrected chi connectivity index (χ4v) is 2.96. The van der Waals surface area contributed by atoms with E-state index in [1.54, 1.807) is 19.1 Å². The number of amides is 1. The van der Waals surface area contributed by atoms with Crippen LogP contribution in [-0.2, 0) is 29.9 Å². The molecule has 0 aliphatic rings. The molecule has 9 heteroatoms. The highest BCUT2D eigenvalue weighted by Crippen LogP contribution is 2.13. The molecule has 0 aliphatic carbocycles. The first-order valence-corrected chi connectivity index (χ1v) is 9.73. The predicted octanol–water partition coefficient (Wildman–Crippen LogP) is 2.19. The molecule has 1 rings (SSSR count). The van der Waals surface area contributed by atoms with Crippen molar-refractivity contribution in [2.24, 2.45) is 0 Å². The van der Waals surface area contributed by atoms with E-state index in [9.17, 15) is 18.0 Å². The summed E-state index contributed by atoms with van der Waals surface area (Å²) in [6.07, 6.45) is -0.922. The van der Waals surface area contributed by atoms with Crippen molar-refractivity contribution in [2.75, 3.05) is 13.2 Å². The van der Waals surface area contributed by atoms with Crippen molar-refractivity contribution in [1.29, 1.82) is 0 Å². The number of ether oxygens (including phenoxy) is 2. The molecule has 1 unspecified atom stereocenters. The third-order valence-corrected chi connectivity index (χ3v) is 5.02. The molecule has 1 aromatic carbocycles. The van der Waals surface area contributed by atoms with Crippen LogP contribution in [0.4, 0.5) is 4.79 Å². The van der Waals surface area contributed by atoms with Crippen LogP contribution in [0.25, 0.3) is 0 Å². The van der Waals surface area contributed by atoms with Crippen molar-refractivity contribution >= 4 is 31.8 Å². The summed E-state index contributed by atoms with van der Waals surface area (Å²) in [7, 11) is 1.40. The zero-order valence-corrected chi connectivity index (χ0v) is 14.8. The second kappa shape index (κ2) is 10.1. The van der Waals surface area contributed by atoms with Gasteiger partial charge >= 0.3 is 12.1 Å². The van der Waals surface area contributed by atoms with E-state index in [2.05, 4.69) is 5.32 Å². The molecule has 1 amide bonds. The summed E-state index contributed by atoms with van der Waals surface area (Å²) < 4.78 is 32.7. The van der Waals surface area contributed by atoms with Crippen molar-refractivity contribution in [3.05, 3.63) is 35.9 Å². The Morgan fingerprint density at radius 2 is 1.88 bits per heavy atom. The second-order valence-corrected chi connectivity index (χ2v) is 7.79. The van der Waals surface area contributed by atoms with Gasteiger partial charge in [0.15, 0.2) is 0 Å². The highest BCUT2D eigenvalue weighted by atomic mass is 35.7. The Bertz CT molecular complexity index is 635. The van der Waals surface area contributed by atoms with Crippen molar-refractivity contribution in [3.8, 4) is 0 Å². The molecular weight excluding hydrogens is 358 g/mol. The second-order valence-electron chi connectivity index (χ2n) is 4.88. The summed E-state index contributed by atoms with van der Waals surface area (Å²) in [4.78, 5) is 22.9. The Morgan fingerprint density at radius 1 is 1.21 bits per heavy atom. The summed E-state index contributed by atoms with van der Waals surface area (Å²) in [5, 5.41) is 1.23. The van der Waals surface area contributed by atoms with Gasteiger partial charge in [-0.1, -0.05) is 30.3 Å². The molecule has 24 heavy (non-hydrogen) atoms. The molecule has 134 valence electrons. The van der Waals surface area contributed by atoms with E-state index in [-0.39, 0.29) is 32.6 Å². The predicted molar refractivity (Wildman–Crippen MR) is 89.1 cm³/mol. The molecule has 1 N–H and O–H groups in total. The van der Waals surface area contributed by atoms with Crippen LogP contribution in [0.3, 0.4) is 0 Å². The number of benzene rings is 1. The van der Waals surface area contributed by atoms with Gasteiger partial charge in [0.2, 0.25) is 9.05 Å². The van der Waals surface area contributed by atoms with E-state index < -0.39 is 26.4 Å². The minimum absolute atomic E-state index is 0.0520. The lowest BCUT2D eigenvalue weighted by Crippen LogP contribution is -2.35. The lowest BCUT2D eigenvalue weighted by Gasteiger charge is -2.14. The Labute approximate surface area is 145 Å². The summed E-state index contributed by atoms with van der Waals surface area (Å²) in [6, 6.07) is 9.03. The minimum Gasteiger partial charge on any atom is -0.466 e. The van der Waals surface area contributed by atoms with Crippen LogP contribution in [0.5, 0.6) is 0 Å². The van der Waals surface area contributed by atoms with Gasteiger partial charge in [-0.2, -0.15) is 0 Å². The maximum Gasteiger partial charge on any atom is 0.407 e. The lowest BCUT2D eigenvalue weighted by molar-refractivity contribution is -0.143. The Kier molecular flexibility index (Phi) is 8.56. The minimum atomic E-state index is -3.94. The van der Waals surface area contributed by atoms with Crippen LogP contribution < -0.4 is 5.32 Å². The summed E-state index contributed by atoms with van der Waals surface area (Å²) in [6.45, 7) is 1.67. The first-order chi connectivity index (χ1) is 11.3. The van der Waals surface area contributed by atoms with E-state index in [0.717, 1.165) is 5.56 Å². The molecule has 0 saturated heterocycles. The maximum atomic E-state index is 11.6. The molecule has 0 spiro atoms. The van der Waals surface area contributed by atoms with E-state index >= 15 is 0 Å². The van der Waals surface area contributed by atoms with Gasteiger partial charge in [-0.3, -0.25) is 4.79 Å². The molecule has 0 radical (unpaired) electrons. The molecule has 0 fully saturated rings. The standard InChI is InChI=1S/C15H20ClNO6S/c1-2-22-14(18)9-8-13(24(16,20)21)10-17-15(19)23-11-12-6-4-3-5-7-12/h3-7,13H,2,8-11H2,1H3,(H,17,19). The van der Waals surface area contributed by atoms with Crippen LogP contribution in [0.1, 0.15) is 25.3 Å². The first-order valence-electron chi connectivity index (χ1n) is 7.36. The molecule has 0 heterocycles. The van der Waals surface area contributed by atoms with E-state index in [0.29, 0.717) is 0 Å². The van der Waals surface area contributed by atoms with Crippen LogP contribution in [0.15, 0.2) is 30.3 Å². The Hall–Kier alpha value is -1.80. The van der Waals surface area contributed by atoms with Crippen molar-refractivity contribution in [2.45, 2.75) is 31.6 Å². The molecule has 0 aromatic heterocycles. The molecule has 0 saturated carbocycles.